The Morgan fingerprint density at radius 3 is 2.63 bits per heavy atom. The Labute approximate surface area is 206 Å². The average Bonchev–Trinajstić information content (AvgIpc) is 3.54. The van der Waals surface area contributed by atoms with E-state index in [4.69, 9.17) is 9.15 Å². The van der Waals surface area contributed by atoms with Crippen molar-refractivity contribution in [2.45, 2.75) is 23.9 Å². The molecule has 0 bridgehead atoms. The molecule has 8 heteroatoms. The fraction of sp³-hybridized carbons (Fsp3) is 0.148. The number of rotatable bonds is 9. The number of aryl methyl sites for hydroxylation is 1. The van der Waals surface area contributed by atoms with E-state index in [1.807, 2.05) is 42.5 Å². The molecule has 0 unspecified atom stereocenters. The lowest BCUT2D eigenvalue weighted by Gasteiger charge is -2.12. The third-order valence-corrected chi connectivity index (χ3v) is 6.50. The van der Waals surface area contributed by atoms with Crippen LogP contribution in [0, 0.1) is 5.82 Å². The van der Waals surface area contributed by atoms with Crippen LogP contribution < -0.4 is 4.74 Å². The molecule has 0 saturated carbocycles. The maximum atomic E-state index is 13.6. The van der Waals surface area contributed by atoms with Crippen molar-refractivity contribution in [2.24, 2.45) is 0 Å². The average molecular weight is 487 g/mol. The maximum Gasteiger partial charge on any atom is 0.226 e. The Hall–Kier alpha value is -3.91. The summed E-state index contributed by atoms with van der Waals surface area (Å²) in [5.74, 6) is 2.09. The SMILES string of the molecule is COc1ccccc1-c1nnc(SCc2coc(-c3cccc(F)c3)n2)n1CCc1ccccc1. The summed E-state index contributed by atoms with van der Waals surface area (Å²) in [4.78, 5) is 4.52. The largest absolute Gasteiger partial charge is 0.496 e. The molecule has 5 aromatic rings. The van der Waals surface area contributed by atoms with E-state index in [1.165, 1.54) is 29.5 Å². The molecule has 0 aliphatic carbocycles. The van der Waals surface area contributed by atoms with Gasteiger partial charge in [-0.3, -0.25) is 0 Å². The summed E-state index contributed by atoms with van der Waals surface area (Å²) in [6.07, 6.45) is 2.43. The molecule has 3 aromatic carbocycles. The highest BCUT2D eigenvalue weighted by molar-refractivity contribution is 7.98. The molecule has 35 heavy (non-hydrogen) atoms. The van der Waals surface area contributed by atoms with Crippen molar-refractivity contribution in [1.82, 2.24) is 19.7 Å². The molecule has 0 fully saturated rings. The molecular weight excluding hydrogens is 463 g/mol. The summed E-state index contributed by atoms with van der Waals surface area (Å²) in [7, 11) is 1.65. The Balaban J connectivity index is 1.40. The number of hydrogen-bond donors (Lipinski definition) is 0. The van der Waals surface area contributed by atoms with Gasteiger partial charge in [0.15, 0.2) is 11.0 Å². The van der Waals surface area contributed by atoms with Gasteiger partial charge in [0, 0.05) is 17.9 Å². The normalized spacial score (nSPS) is 11.0. The predicted molar refractivity (Wildman–Crippen MR) is 134 cm³/mol. The first-order valence-electron chi connectivity index (χ1n) is 11.1. The first kappa shape index (κ1) is 22.9. The molecule has 0 saturated heterocycles. The first-order chi connectivity index (χ1) is 17.2. The fourth-order valence-corrected chi connectivity index (χ4v) is 4.62. The number of nitrogens with zero attached hydrogens (tertiary/aromatic N) is 4. The number of para-hydroxylation sites is 1. The van der Waals surface area contributed by atoms with Crippen LogP contribution in [-0.4, -0.2) is 26.9 Å². The minimum Gasteiger partial charge on any atom is -0.496 e. The second-order valence-corrected chi connectivity index (χ2v) is 8.78. The molecule has 2 heterocycles. The Morgan fingerprint density at radius 2 is 1.80 bits per heavy atom. The Bertz CT molecular complexity index is 1420. The number of aromatic nitrogens is 4. The summed E-state index contributed by atoms with van der Waals surface area (Å²) in [5, 5.41) is 9.77. The van der Waals surface area contributed by atoms with Gasteiger partial charge in [-0.25, -0.2) is 9.37 Å². The number of oxazole rings is 1. The molecule has 0 aliphatic rings. The third kappa shape index (κ3) is 5.27. The third-order valence-electron chi connectivity index (χ3n) is 5.50. The van der Waals surface area contributed by atoms with Crippen molar-refractivity contribution in [3.63, 3.8) is 0 Å². The maximum absolute atomic E-state index is 13.6. The fourth-order valence-electron chi connectivity index (χ4n) is 3.78. The van der Waals surface area contributed by atoms with Crippen molar-refractivity contribution < 1.29 is 13.5 Å². The van der Waals surface area contributed by atoms with Gasteiger partial charge in [-0.2, -0.15) is 0 Å². The highest BCUT2D eigenvalue weighted by atomic mass is 32.2. The summed E-state index contributed by atoms with van der Waals surface area (Å²) in [6, 6.07) is 24.3. The van der Waals surface area contributed by atoms with Crippen molar-refractivity contribution >= 4 is 11.8 Å². The van der Waals surface area contributed by atoms with Gasteiger partial charge in [0.1, 0.15) is 17.8 Å². The number of methoxy groups -OCH3 is 1. The van der Waals surface area contributed by atoms with E-state index < -0.39 is 0 Å². The second kappa shape index (κ2) is 10.6. The molecule has 0 atom stereocenters. The van der Waals surface area contributed by atoms with E-state index in [1.54, 1.807) is 25.5 Å². The number of benzene rings is 3. The van der Waals surface area contributed by atoms with E-state index in [2.05, 4.69) is 31.9 Å². The highest BCUT2D eigenvalue weighted by Gasteiger charge is 2.18. The smallest absolute Gasteiger partial charge is 0.226 e. The lowest BCUT2D eigenvalue weighted by Crippen LogP contribution is -2.06. The highest BCUT2D eigenvalue weighted by Crippen LogP contribution is 2.32. The summed E-state index contributed by atoms with van der Waals surface area (Å²) in [5.41, 5.74) is 3.47. The minimum absolute atomic E-state index is 0.327. The minimum atomic E-state index is -0.327. The van der Waals surface area contributed by atoms with E-state index in [9.17, 15) is 4.39 Å². The molecular formula is C27H23FN4O2S. The molecule has 0 N–H and O–H groups in total. The lowest BCUT2D eigenvalue weighted by atomic mass is 10.1. The van der Waals surface area contributed by atoms with Crippen molar-refractivity contribution in [1.29, 1.82) is 0 Å². The molecule has 6 nitrogen and oxygen atoms in total. The van der Waals surface area contributed by atoms with E-state index in [0.717, 1.165) is 34.4 Å². The van der Waals surface area contributed by atoms with Crippen LogP contribution >= 0.6 is 11.8 Å². The van der Waals surface area contributed by atoms with E-state index in [-0.39, 0.29) is 5.82 Å². The van der Waals surface area contributed by atoms with Gasteiger partial charge in [-0.15, -0.1) is 10.2 Å². The second-order valence-electron chi connectivity index (χ2n) is 7.84. The molecule has 0 amide bonds. The topological polar surface area (TPSA) is 66.0 Å². The lowest BCUT2D eigenvalue weighted by molar-refractivity contribution is 0.415. The molecule has 176 valence electrons. The van der Waals surface area contributed by atoms with Crippen LogP contribution in [0.5, 0.6) is 5.75 Å². The molecule has 0 spiro atoms. The molecule has 2 aromatic heterocycles. The monoisotopic (exact) mass is 486 g/mol. The van der Waals surface area contributed by atoms with E-state index in [0.29, 0.717) is 23.8 Å². The van der Waals surface area contributed by atoms with Crippen LogP contribution in [-0.2, 0) is 18.7 Å². The van der Waals surface area contributed by atoms with Crippen LogP contribution in [0.2, 0.25) is 0 Å². The van der Waals surface area contributed by atoms with Crippen LogP contribution in [0.1, 0.15) is 11.3 Å². The van der Waals surface area contributed by atoms with Gasteiger partial charge in [0.05, 0.1) is 18.4 Å². The van der Waals surface area contributed by atoms with Gasteiger partial charge in [0.25, 0.3) is 0 Å². The zero-order valence-electron chi connectivity index (χ0n) is 19.1. The Kier molecular flexibility index (Phi) is 6.90. The zero-order valence-corrected chi connectivity index (χ0v) is 19.9. The van der Waals surface area contributed by atoms with Gasteiger partial charge >= 0.3 is 0 Å². The van der Waals surface area contributed by atoms with Crippen molar-refractivity contribution in [3.8, 4) is 28.6 Å². The van der Waals surface area contributed by atoms with Crippen LogP contribution in [0.4, 0.5) is 4.39 Å². The molecule has 0 radical (unpaired) electrons. The van der Waals surface area contributed by atoms with Crippen LogP contribution in [0.3, 0.4) is 0 Å². The van der Waals surface area contributed by atoms with E-state index >= 15 is 0 Å². The first-order valence-corrected chi connectivity index (χ1v) is 12.1. The van der Waals surface area contributed by atoms with Crippen LogP contribution in [0.25, 0.3) is 22.8 Å². The number of ether oxygens (including phenoxy) is 1. The molecule has 0 aliphatic heterocycles. The quantitative estimate of drug-likeness (QED) is 0.228. The predicted octanol–water partition coefficient (Wildman–Crippen LogP) is 6.28. The van der Waals surface area contributed by atoms with Gasteiger partial charge in [0.2, 0.25) is 5.89 Å². The number of hydrogen-bond acceptors (Lipinski definition) is 6. The molecule has 5 rings (SSSR count). The number of thioether (sulfide) groups is 1. The zero-order chi connectivity index (χ0) is 24.0. The number of halogens is 1. The standard InChI is InChI=1S/C27H23FN4O2S/c1-33-24-13-6-5-12-23(24)25-30-31-27(32(25)15-14-19-8-3-2-4-9-19)35-18-22-17-34-26(29-22)20-10-7-11-21(28)16-20/h2-13,16-17H,14-15,18H2,1H3. The summed E-state index contributed by atoms with van der Waals surface area (Å²) >= 11 is 1.53. The van der Waals surface area contributed by atoms with Crippen molar-refractivity contribution in [3.05, 3.63) is 102 Å². The van der Waals surface area contributed by atoms with Crippen LogP contribution in [0.15, 0.2) is 94.7 Å². The Morgan fingerprint density at radius 1 is 0.971 bits per heavy atom. The van der Waals surface area contributed by atoms with Gasteiger partial charge < -0.3 is 13.7 Å². The summed E-state index contributed by atoms with van der Waals surface area (Å²) in [6.45, 7) is 0.708. The summed E-state index contributed by atoms with van der Waals surface area (Å²) < 4.78 is 26.8. The van der Waals surface area contributed by atoms with Gasteiger partial charge in [-0.1, -0.05) is 60.3 Å². The van der Waals surface area contributed by atoms with Crippen molar-refractivity contribution in [2.75, 3.05) is 7.11 Å². The van der Waals surface area contributed by atoms with Gasteiger partial charge in [-0.05, 0) is 42.3 Å².